The second-order valence-electron chi connectivity index (χ2n) is 9.67. The van der Waals surface area contributed by atoms with Gasteiger partial charge in [0.1, 0.15) is 11.4 Å². The number of hydrogen-bond donors (Lipinski definition) is 3. The van der Waals surface area contributed by atoms with Gasteiger partial charge in [0.05, 0.1) is 11.4 Å². The molecule has 172 valence electrons. The van der Waals surface area contributed by atoms with E-state index in [0.29, 0.717) is 35.0 Å². The number of nitrogen functional groups attached to an aromatic ring is 1. The molecule has 1 saturated carbocycles. The molecular formula is C25H30N6O2. The minimum Gasteiger partial charge on any atom is -0.494 e. The van der Waals surface area contributed by atoms with E-state index < -0.39 is 5.60 Å². The minimum atomic E-state index is -0.624. The van der Waals surface area contributed by atoms with Crippen molar-refractivity contribution < 1.29 is 9.84 Å². The summed E-state index contributed by atoms with van der Waals surface area (Å²) in [5, 5.41) is 16.2. The smallest absolute Gasteiger partial charge is 0.246 e. The van der Waals surface area contributed by atoms with Gasteiger partial charge in [-0.3, -0.25) is 0 Å². The average Bonchev–Trinajstić information content (AvgIpc) is 3.18. The Labute approximate surface area is 193 Å². The molecule has 0 amide bonds. The lowest BCUT2D eigenvalue weighted by atomic mass is 9.77. The molecule has 3 heterocycles. The Bertz CT molecular complexity index is 1190. The third kappa shape index (κ3) is 4.29. The van der Waals surface area contributed by atoms with Crippen molar-refractivity contribution in [2.24, 2.45) is 10.9 Å². The lowest BCUT2D eigenvalue weighted by Crippen LogP contribution is -2.41. The van der Waals surface area contributed by atoms with Crippen molar-refractivity contribution in [1.29, 1.82) is 0 Å². The number of aryl methyl sites for hydroxylation is 1. The van der Waals surface area contributed by atoms with E-state index in [2.05, 4.69) is 44.4 Å². The molecule has 5 rings (SSSR count). The normalized spacial score (nSPS) is 21.7. The highest BCUT2D eigenvalue weighted by molar-refractivity contribution is 6.09. The molecule has 1 fully saturated rings. The van der Waals surface area contributed by atoms with Crippen LogP contribution in [-0.4, -0.2) is 36.6 Å². The van der Waals surface area contributed by atoms with Gasteiger partial charge in [0.15, 0.2) is 11.5 Å². The van der Waals surface area contributed by atoms with Gasteiger partial charge >= 0.3 is 0 Å². The van der Waals surface area contributed by atoms with Crippen LogP contribution in [0.3, 0.4) is 0 Å². The summed E-state index contributed by atoms with van der Waals surface area (Å²) in [7, 11) is 0. The molecule has 0 saturated heterocycles. The molecule has 0 atom stereocenters. The van der Waals surface area contributed by atoms with E-state index in [1.54, 1.807) is 13.0 Å². The molecular weight excluding hydrogens is 416 g/mol. The first kappa shape index (κ1) is 21.4. The summed E-state index contributed by atoms with van der Waals surface area (Å²) in [6.07, 6.45) is 5.59. The van der Waals surface area contributed by atoms with Gasteiger partial charge in [0, 0.05) is 11.6 Å². The third-order valence-electron chi connectivity index (χ3n) is 6.75. The quantitative estimate of drug-likeness (QED) is 0.538. The lowest BCUT2D eigenvalue weighted by Gasteiger charge is -2.32. The highest BCUT2D eigenvalue weighted by atomic mass is 16.5. The van der Waals surface area contributed by atoms with Gasteiger partial charge in [-0.15, -0.1) is 0 Å². The van der Waals surface area contributed by atoms with Crippen molar-refractivity contribution in [2.75, 3.05) is 5.73 Å². The van der Waals surface area contributed by atoms with Crippen molar-refractivity contribution >= 4 is 17.2 Å². The van der Waals surface area contributed by atoms with Gasteiger partial charge in [-0.1, -0.05) is 24.3 Å². The number of fused-ring (bicyclic) bond motifs is 1. The Morgan fingerprint density at radius 2 is 1.85 bits per heavy atom. The second kappa shape index (κ2) is 8.17. The number of hydrogen-bond acceptors (Lipinski definition) is 7. The van der Waals surface area contributed by atoms with Crippen molar-refractivity contribution in [3.8, 4) is 11.8 Å². The van der Waals surface area contributed by atoms with E-state index in [4.69, 9.17) is 15.5 Å². The van der Waals surface area contributed by atoms with Crippen LogP contribution in [0.25, 0.3) is 0 Å². The number of ether oxygens (including phenoxy) is 1. The number of rotatable bonds is 4. The molecule has 4 N–H and O–H groups in total. The summed E-state index contributed by atoms with van der Waals surface area (Å²) in [5.74, 6) is 2.67. The summed E-state index contributed by atoms with van der Waals surface area (Å²) >= 11 is 0. The van der Waals surface area contributed by atoms with Gasteiger partial charge in [-0.25, -0.2) is 15.1 Å². The number of aromatic amines is 1. The zero-order chi connectivity index (χ0) is 23.2. The molecule has 8 nitrogen and oxygen atoms in total. The van der Waals surface area contributed by atoms with Crippen LogP contribution in [0.2, 0.25) is 0 Å². The summed E-state index contributed by atoms with van der Waals surface area (Å²) < 4.78 is 6.17. The SMILES string of the molecule is Cc1nc(N)c2c(n1)OC(C)(C)C(c1ccc([C@H]3CC[C@H](Cc4cc(O)[nH]n4)CC3)cc1)=N2. The largest absolute Gasteiger partial charge is 0.494 e. The third-order valence-corrected chi connectivity index (χ3v) is 6.75. The molecule has 1 aliphatic heterocycles. The highest BCUT2D eigenvalue weighted by Gasteiger charge is 2.35. The predicted octanol–water partition coefficient (Wildman–Crippen LogP) is 4.60. The molecule has 1 aromatic carbocycles. The molecule has 33 heavy (non-hydrogen) atoms. The maximum absolute atomic E-state index is 9.45. The van der Waals surface area contributed by atoms with Gasteiger partial charge in [-0.2, -0.15) is 10.1 Å². The topological polar surface area (TPSA) is 122 Å². The maximum Gasteiger partial charge on any atom is 0.246 e. The monoisotopic (exact) mass is 446 g/mol. The predicted molar refractivity (Wildman–Crippen MR) is 127 cm³/mol. The zero-order valence-electron chi connectivity index (χ0n) is 19.3. The van der Waals surface area contributed by atoms with E-state index >= 15 is 0 Å². The van der Waals surface area contributed by atoms with Gasteiger partial charge in [0.2, 0.25) is 11.8 Å². The molecule has 1 aliphatic carbocycles. The fourth-order valence-electron chi connectivity index (χ4n) is 5.05. The number of benzene rings is 1. The number of aliphatic imine (C=N–C) groups is 1. The first-order valence-electron chi connectivity index (χ1n) is 11.5. The number of aromatic nitrogens is 4. The highest BCUT2D eigenvalue weighted by Crippen LogP contribution is 2.40. The van der Waals surface area contributed by atoms with Crippen molar-refractivity contribution in [1.82, 2.24) is 20.2 Å². The van der Waals surface area contributed by atoms with E-state index in [0.717, 1.165) is 36.2 Å². The number of nitrogens with zero attached hydrogens (tertiary/aromatic N) is 4. The Morgan fingerprint density at radius 1 is 1.12 bits per heavy atom. The van der Waals surface area contributed by atoms with E-state index in [9.17, 15) is 5.11 Å². The number of anilines is 1. The van der Waals surface area contributed by atoms with E-state index in [1.807, 2.05) is 13.8 Å². The number of aromatic hydroxyl groups is 1. The Balaban J connectivity index is 1.30. The van der Waals surface area contributed by atoms with Crippen molar-refractivity contribution in [3.05, 3.63) is 53.0 Å². The van der Waals surface area contributed by atoms with Crippen molar-refractivity contribution in [3.63, 3.8) is 0 Å². The van der Waals surface area contributed by atoms with Crippen LogP contribution in [0.4, 0.5) is 11.5 Å². The van der Waals surface area contributed by atoms with E-state index in [-0.39, 0.29) is 5.88 Å². The minimum absolute atomic E-state index is 0.142. The van der Waals surface area contributed by atoms with E-state index in [1.165, 1.54) is 18.4 Å². The van der Waals surface area contributed by atoms with Gasteiger partial charge < -0.3 is 15.6 Å². The van der Waals surface area contributed by atoms with Crippen LogP contribution in [0.5, 0.6) is 11.8 Å². The molecule has 3 aromatic rings. The molecule has 2 aliphatic rings. The van der Waals surface area contributed by atoms with Crippen LogP contribution in [0.15, 0.2) is 35.3 Å². The van der Waals surface area contributed by atoms with Crippen molar-refractivity contribution in [2.45, 2.75) is 64.4 Å². The number of nitrogens with one attached hydrogen (secondary N) is 1. The Kier molecular flexibility index (Phi) is 5.31. The number of H-pyrrole nitrogens is 1. The lowest BCUT2D eigenvalue weighted by molar-refractivity contribution is 0.171. The van der Waals surface area contributed by atoms with Crippen LogP contribution >= 0.6 is 0 Å². The number of nitrogens with two attached hydrogens (primary N) is 1. The van der Waals surface area contributed by atoms with Crippen LogP contribution in [0, 0.1) is 12.8 Å². The molecule has 0 radical (unpaired) electrons. The summed E-state index contributed by atoms with van der Waals surface area (Å²) in [5.41, 5.74) is 10.1. The fraction of sp³-hybridized carbons (Fsp3) is 0.440. The summed E-state index contributed by atoms with van der Waals surface area (Å²) in [6.45, 7) is 5.79. The molecule has 8 heteroatoms. The zero-order valence-corrected chi connectivity index (χ0v) is 19.3. The van der Waals surface area contributed by atoms with Gasteiger partial charge in [-0.05, 0) is 70.3 Å². The molecule has 0 spiro atoms. The van der Waals surface area contributed by atoms with Crippen LogP contribution < -0.4 is 10.5 Å². The first-order chi connectivity index (χ1) is 15.8. The Morgan fingerprint density at radius 3 is 2.52 bits per heavy atom. The standard InChI is InChI=1S/C25H30N6O2/c1-14-27-23(26)21-24(28-14)33-25(2,3)22(29-21)18-10-8-17(9-11-18)16-6-4-15(5-7-16)12-19-13-20(32)31-30-19/h8-11,13,15-16H,4-7,12H2,1-3H3,(H2,26,27,28)(H2,30,31,32)/t15-,16-. The summed E-state index contributed by atoms with van der Waals surface area (Å²) in [6, 6.07) is 10.4. The average molecular weight is 447 g/mol. The second-order valence-corrected chi connectivity index (χ2v) is 9.67. The van der Waals surface area contributed by atoms with Gasteiger partial charge in [0.25, 0.3) is 0 Å². The first-order valence-corrected chi connectivity index (χ1v) is 11.5. The summed E-state index contributed by atoms with van der Waals surface area (Å²) in [4.78, 5) is 13.4. The maximum atomic E-state index is 9.45. The fourth-order valence-corrected chi connectivity index (χ4v) is 5.05. The molecule has 0 unspecified atom stereocenters. The molecule has 0 bridgehead atoms. The molecule has 2 aromatic heterocycles. The van der Waals surface area contributed by atoms with Crippen LogP contribution in [-0.2, 0) is 6.42 Å². The van der Waals surface area contributed by atoms with Crippen LogP contribution in [0.1, 0.15) is 68.1 Å². The Hall–Kier alpha value is -3.42.